The van der Waals surface area contributed by atoms with Crippen molar-refractivity contribution in [2.45, 2.75) is 44.6 Å². The molecule has 1 aromatic rings. The minimum atomic E-state index is 0.241. The number of aromatic amines is 1. The van der Waals surface area contributed by atoms with E-state index in [4.69, 9.17) is 0 Å². The van der Waals surface area contributed by atoms with Crippen LogP contribution in [0.25, 0.3) is 0 Å². The maximum absolute atomic E-state index is 12.7. The summed E-state index contributed by atoms with van der Waals surface area (Å²) in [5.74, 6) is 0.761. The van der Waals surface area contributed by atoms with Gasteiger partial charge in [-0.1, -0.05) is 0 Å². The molecule has 0 spiro atoms. The number of likely N-dealkylation sites (N-methyl/N-ethyl adjacent to an activating group) is 1. The molecule has 2 N–H and O–H groups in total. The number of amides is 1. The van der Waals surface area contributed by atoms with E-state index in [1.165, 1.54) is 0 Å². The van der Waals surface area contributed by atoms with Crippen molar-refractivity contribution in [2.75, 3.05) is 52.9 Å². The van der Waals surface area contributed by atoms with Crippen LogP contribution in [0.4, 0.5) is 0 Å². The summed E-state index contributed by atoms with van der Waals surface area (Å²) < 4.78 is 0. The maximum atomic E-state index is 12.7. The molecule has 0 unspecified atom stereocenters. The highest BCUT2D eigenvalue weighted by atomic mass is 16.3. The summed E-state index contributed by atoms with van der Waals surface area (Å²) in [6, 6.07) is 0.556. The molecule has 0 aliphatic carbocycles. The molecule has 2 aliphatic rings. The summed E-state index contributed by atoms with van der Waals surface area (Å²) in [5.41, 5.74) is 1.16. The van der Waals surface area contributed by atoms with Gasteiger partial charge in [-0.3, -0.25) is 14.8 Å². The van der Waals surface area contributed by atoms with Crippen LogP contribution in [0.3, 0.4) is 0 Å². The number of aliphatic hydroxyl groups is 1. The van der Waals surface area contributed by atoms with E-state index in [1.54, 1.807) is 0 Å². The van der Waals surface area contributed by atoms with Crippen molar-refractivity contribution in [1.29, 1.82) is 0 Å². The second kappa shape index (κ2) is 10.2. The van der Waals surface area contributed by atoms with Crippen LogP contribution in [0.15, 0.2) is 12.4 Å². The predicted octanol–water partition coefficient (Wildman–Crippen LogP) is 0.969. The van der Waals surface area contributed by atoms with E-state index in [1.807, 2.05) is 12.4 Å². The molecule has 3 rings (SSSR count). The summed E-state index contributed by atoms with van der Waals surface area (Å²) >= 11 is 0. The number of H-pyrrole nitrogens is 1. The van der Waals surface area contributed by atoms with Gasteiger partial charge in [-0.25, -0.2) is 0 Å². The molecule has 152 valence electrons. The first-order valence-electron chi connectivity index (χ1n) is 10.5. The molecule has 27 heavy (non-hydrogen) atoms. The summed E-state index contributed by atoms with van der Waals surface area (Å²) in [6.07, 6.45) is 9.01. The van der Waals surface area contributed by atoms with Crippen LogP contribution < -0.4 is 0 Å². The summed E-state index contributed by atoms with van der Waals surface area (Å²) in [6.45, 7) is 6.45. The van der Waals surface area contributed by atoms with Crippen molar-refractivity contribution >= 4 is 5.91 Å². The van der Waals surface area contributed by atoms with Crippen molar-refractivity contribution in [1.82, 2.24) is 24.9 Å². The Morgan fingerprint density at radius 1 is 1.26 bits per heavy atom. The van der Waals surface area contributed by atoms with Gasteiger partial charge in [-0.15, -0.1) is 0 Å². The molecule has 0 saturated carbocycles. The quantitative estimate of drug-likeness (QED) is 0.706. The van der Waals surface area contributed by atoms with Gasteiger partial charge in [-0.05, 0) is 50.6 Å². The van der Waals surface area contributed by atoms with Crippen molar-refractivity contribution in [3.05, 3.63) is 18.0 Å². The highest BCUT2D eigenvalue weighted by molar-refractivity contribution is 5.76. The zero-order valence-electron chi connectivity index (χ0n) is 16.6. The molecule has 2 atom stereocenters. The van der Waals surface area contributed by atoms with Crippen LogP contribution >= 0.6 is 0 Å². The lowest BCUT2D eigenvalue weighted by Gasteiger charge is -2.46. The lowest BCUT2D eigenvalue weighted by Crippen LogP contribution is -2.56. The highest BCUT2D eigenvalue weighted by Gasteiger charge is 2.35. The van der Waals surface area contributed by atoms with Crippen molar-refractivity contribution < 1.29 is 9.90 Å². The minimum Gasteiger partial charge on any atom is -0.396 e. The van der Waals surface area contributed by atoms with Gasteiger partial charge >= 0.3 is 0 Å². The molecule has 1 aromatic heterocycles. The van der Waals surface area contributed by atoms with Gasteiger partial charge in [0.2, 0.25) is 5.91 Å². The lowest BCUT2D eigenvalue weighted by atomic mass is 9.86. The van der Waals surface area contributed by atoms with Crippen molar-refractivity contribution in [2.24, 2.45) is 5.92 Å². The maximum Gasteiger partial charge on any atom is 0.222 e. The Kier molecular flexibility index (Phi) is 7.67. The fourth-order valence-corrected chi connectivity index (χ4v) is 4.53. The number of aromatic nitrogens is 2. The number of hydrogen-bond acceptors (Lipinski definition) is 5. The van der Waals surface area contributed by atoms with Crippen LogP contribution in [-0.4, -0.2) is 94.9 Å². The molecular formula is C20H35N5O2. The first-order chi connectivity index (χ1) is 13.2. The average molecular weight is 378 g/mol. The van der Waals surface area contributed by atoms with Crippen LogP contribution in [0.2, 0.25) is 0 Å². The molecule has 7 heteroatoms. The van der Waals surface area contributed by atoms with E-state index in [0.717, 1.165) is 76.9 Å². The lowest BCUT2D eigenvalue weighted by molar-refractivity contribution is -0.134. The van der Waals surface area contributed by atoms with Gasteiger partial charge in [0.15, 0.2) is 0 Å². The number of likely N-dealkylation sites (tertiary alicyclic amines) is 1. The van der Waals surface area contributed by atoms with Gasteiger partial charge in [0.05, 0.1) is 6.20 Å². The summed E-state index contributed by atoms with van der Waals surface area (Å²) in [7, 11) is 2.19. The molecule has 0 aromatic carbocycles. The molecule has 2 aliphatic heterocycles. The fraction of sp³-hybridized carbons (Fsp3) is 0.800. The SMILES string of the molecule is CN1CCN([C@H]2CCN(C(=O)CCCc3cn[nH]c3)C[C@H]2CCCO)CC1. The van der Waals surface area contributed by atoms with E-state index in [-0.39, 0.29) is 12.5 Å². The number of aryl methyl sites for hydroxylation is 1. The van der Waals surface area contributed by atoms with Gasteiger partial charge in [0.1, 0.15) is 0 Å². The average Bonchev–Trinajstić information content (AvgIpc) is 3.20. The molecule has 3 heterocycles. The topological polar surface area (TPSA) is 75.7 Å². The molecule has 2 saturated heterocycles. The second-order valence-electron chi connectivity index (χ2n) is 8.12. The third-order valence-electron chi connectivity index (χ3n) is 6.20. The van der Waals surface area contributed by atoms with Crippen LogP contribution in [0.5, 0.6) is 0 Å². The van der Waals surface area contributed by atoms with Crippen molar-refractivity contribution in [3.8, 4) is 0 Å². The van der Waals surface area contributed by atoms with Crippen LogP contribution in [0, 0.1) is 5.92 Å². The van der Waals surface area contributed by atoms with E-state index >= 15 is 0 Å². The zero-order valence-corrected chi connectivity index (χ0v) is 16.6. The Morgan fingerprint density at radius 3 is 2.78 bits per heavy atom. The molecule has 7 nitrogen and oxygen atoms in total. The number of aliphatic hydroxyl groups excluding tert-OH is 1. The number of nitrogens with one attached hydrogen (secondary N) is 1. The van der Waals surface area contributed by atoms with Crippen LogP contribution in [-0.2, 0) is 11.2 Å². The standard InChI is InChI=1S/C20H35N5O2/c1-23-9-11-24(12-10-23)19-7-8-25(16-18(19)5-3-13-26)20(27)6-2-4-17-14-21-22-15-17/h14-15,18-19,26H,2-13,16H2,1H3,(H,21,22)/t18-,19+/m1/s1. The Morgan fingerprint density at radius 2 is 2.07 bits per heavy atom. The Labute approximate surface area is 162 Å². The summed E-state index contributed by atoms with van der Waals surface area (Å²) in [5, 5.41) is 16.1. The smallest absolute Gasteiger partial charge is 0.222 e. The first kappa shape index (κ1) is 20.3. The minimum absolute atomic E-state index is 0.241. The molecule has 1 amide bonds. The number of carbonyl (C=O) groups is 1. The second-order valence-corrected chi connectivity index (χ2v) is 8.12. The third-order valence-corrected chi connectivity index (χ3v) is 6.20. The Hall–Kier alpha value is -1.44. The number of hydrogen-bond donors (Lipinski definition) is 2. The predicted molar refractivity (Wildman–Crippen MR) is 105 cm³/mol. The molecule has 0 radical (unpaired) electrons. The molecule has 2 fully saturated rings. The van der Waals surface area contributed by atoms with Gasteiger partial charge in [0, 0.05) is 64.5 Å². The molecule has 0 bridgehead atoms. The number of carbonyl (C=O) groups excluding carboxylic acids is 1. The Balaban J connectivity index is 1.50. The van der Waals surface area contributed by atoms with E-state index in [9.17, 15) is 9.90 Å². The zero-order chi connectivity index (χ0) is 19.1. The molecular weight excluding hydrogens is 342 g/mol. The van der Waals surface area contributed by atoms with Gasteiger partial charge < -0.3 is 14.9 Å². The summed E-state index contributed by atoms with van der Waals surface area (Å²) in [4.78, 5) is 19.8. The monoisotopic (exact) mass is 377 g/mol. The number of rotatable bonds is 8. The van der Waals surface area contributed by atoms with E-state index in [0.29, 0.717) is 18.4 Å². The van der Waals surface area contributed by atoms with Gasteiger partial charge in [-0.2, -0.15) is 5.10 Å². The third kappa shape index (κ3) is 5.77. The first-order valence-corrected chi connectivity index (χ1v) is 10.5. The number of piperidine rings is 1. The normalized spacial score (nSPS) is 25.0. The van der Waals surface area contributed by atoms with E-state index < -0.39 is 0 Å². The van der Waals surface area contributed by atoms with Crippen LogP contribution in [0.1, 0.15) is 37.7 Å². The Bertz CT molecular complexity index is 557. The van der Waals surface area contributed by atoms with Gasteiger partial charge in [0.25, 0.3) is 0 Å². The van der Waals surface area contributed by atoms with E-state index in [2.05, 4.69) is 31.9 Å². The fourth-order valence-electron chi connectivity index (χ4n) is 4.53. The largest absolute Gasteiger partial charge is 0.396 e. The van der Waals surface area contributed by atoms with Crippen molar-refractivity contribution in [3.63, 3.8) is 0 Å². The highest BCUT2D eigenvalue weighted by Crippen LogP contribution is 2.27. The number of nitrogens with zero attached hydrogens (tertiary/aromatic N) is 4. The number of piperazine rings is 1.